The molecule has 3 amide bonds. The van der Waals surface area contributed by atoms with Gasteiger partial charge in [0.05, 0.1) is 12.0 Å². The van der Waals surface area contributed by atoms with Crippen molar-refractivity contribution in [2.45, 2.75) is 69.4 Å². The number of likely N-dealkylation sites (tertiary alicyclic amines) is 2. The van der Waals surface area contributed by atoms with Gasteiger partial charge < -0.3 is 16.0 Å². The minimum atomic E-state index is -3.09. The summed E-state index contributed by atoms with van der Waals surface area (Å²) >= 11 is 0. The van der Waals surface area contributed by atoms with Gasteiger partial charge in [0.25, 0.3) is 5.92 Å². The minimum absolute atomic E-state index is 0.324. The molecule has 3 fully saturated rings. The molecule has 35 heavy (non-hydrogen) atoms. The van der Waals surface area contributed by atoms with E-state index in [0.717, 1.165) is 13.0 Å². The molecule has 0 radical (unpaired) electrons. The summed E-state index contributed by atoms with van der Waals surface area (Å²) in [5.41, 5.74) is 4.74. The quantitative estimate of drug-likeness (QED) is 0.558. The average Bonchev–Trinajstić information content (AvgIpc) is 3.58. The Labute approximate surface area is 205 Å². The molecule has 2 heterocycles. The number of primary amides is 1. The SMILES string of the molecule is CCCN1CC2(CCN(C(N)=O)CC2)C1[C@H](CC(F)(F)Cc1ccccc1)C(=O)NC1(C#N)CC1. The fraction of sp³-hybridized carbons (Fsp3) is 0.654. The molecule has 7 nitrogen and oxygen atoms in total. The number of hydrogen-bond donors (Lipinski definition) is 2. The van der Waals surface area contributed by atoms with Crippen molar-refractivity contribution in [1.82, 2.24) is 15.1 Å². The van der Waals surface area contributed by atoms with Crippen LogP contribution in [0.4, 0.5) is 13.6 Å². The highest BCUT2D eigenvalue weighted by molar-refractivity contribution is 5.81. The number of halogens is 2. The van der Waals surface area contributed by atoms with Crippen molar-refractivity contribution in [3.05, 3.63) is 35.9 Å². The van der Waals surface area contributed by atoms with Crippen molar-refractivity contribution in [3.63, 3.8) is 0 Å². The molecule has 2 aliphatic heterocycles. The van der Waals surface area contributed by atoms with Gasteiger partial charge in [0, 0.05) is 43.9 Å². The van der Waals surface area contributed by atoms with Crippen LogP contribution in [0.1, 0.15) is 51.0 Å². The molecule has 190 valence electrons. The normalized spacial score (nSPS) is 23.7. The molecule has 9 heteroatoms. The first-order valence-electron chi connectivity index (χ1n) is 12.6. The fourth-order valence-electron chi connectivity index (χ4n) is 6.04. The number of nitrogens with one attached hydrogen (secondary N) is 1. The summed E-state index contributed by atoms with van der Waals surface area (Å²) in [6.45, 7) is 4.38. The van der Waals surface area contributed by atoms with Crippen LogP contribution in [0, 0.1) is 22.7 Å². The molecule has 1 saturated carbocycles. The van der Waals surface area contributed by atoms with Crippen LogP contribution in [0.15, 0.2) is 30.3 Å². The molecule has 3 N–H and O–H groups in total. The van der Waals surface area contributed by atoms with Crippen LogP contribution in [-0.2, 0) is 11.2 Å². The molecule has 4 rings (SSSR count). The molecule has 1 aromatic carbocycles. The second kappa shape index (κ2) is 9.73. The number of nitrogens with two attached hydrogens (primary N) is 1. The van der Waals surface area contributed by atoms with E-state index in [1.54, 1.807) is 35.2 Å². The van der Waals surface area contributed by atoms with E-state index >= 15 is 8.78 Å². The van der Waals surface area contributed by atoms with Crippen molar-refractivity contribution < 1.29 is 18.4 Å². The average molecular weight is 488 g/mol. The fourth-order valence-corrected chi connectivity index (χ4v) is 6.04. The van der Waals surface area contributed by atoms with Crippen molar-refractivity contribution in [2.24, 2.45) is 17.1 Å². The predicted octanol–water partition coefficient (Wildman–Crippen LogP) is 3.30. The third kappa shape index (κ3) is 5.43. The Balaban J connectivity index is 1.60. The maximum atomic E-state index is 15.5. The standard InChI is InChI=1S/C26H35F2N5O2/c1-2-12-33-18-24(10-13-32(14-11-24)23(30)35)21(33)20(22(34)31-25(17-29)8-9-25)16-26(27,28)15-19-6-4-3-5-7-19/h3-7,20-21H,2,8-16,18H2,1H3,(H2,30,35)(H,31,34)/t20-,21?/m0/s1. The van der Waals surface area contributed by atoms with Gasteiger partial charge in [-0.1, -0.05) is 37.3 Å². The monoisotopic (exact) mass is 487 g/mol. The Bertz CT molecular complexity index is 968. The lowest BCUT2D eigenvalue weighted by Gasteiger charge is -2.62. The zero-order valence-electron chi connectivity index (χ0n) is 20.3. The molecule has 1 aliphatic carbocycles. The maximum Gasteiger partial charge on any atom is 0.314 e. The van der Waals surface area contributed by atoms with E-state index in [0.29, 0.717) is 50.9 Å². The Morgan fingerprint density at radius 3 is 2.43 bits per heavy atom. The number of rotatable bonds is 9. The molecule has 0 bridgehead atoms. The van der Waals surface area contributed by atoms with Crippen molar-refractivity contribution in [2.75, 3.05) is 26.2 Å². The molecule has 1 spiro atoms. The number of carbonyl (C=O) groups excluding carboxylic acids is 2. The first kappa shape index (κ1) is 25.4. The lowest BCUT2D eigenvalue weighted by atomic mass is 9.60. The Morgan fingerprint density at radius 1 is 1.23 bits per heavy atom. The number of piperidine rings is 1. The van der Waals surface area contributed by atoms with Gasteiger partial charge in [-0.15, -0.1) is 0 Å². The van der Waals surface area contributed by atoms with Crippen molar-refractivity contribution in [3.8, 4) is 6.07 Å². The van der Waals surface area contributed by atoms with Crippen molar-refractivity contribution in [1.29, 1.82) is 5.26 Å². The molecule has 2 atom stereocenters. The molecule has 3 aliphatic rings. The highest BCUT2D eigenvalue weighted by Crippen LogP contribution is 2.51. The van der Waals surface area contributed by atoms with E-state index in [1.807, 2.05) is 6.92 Å². The number of hydrogen-bond acceptors (Lipinski definition) is 4. The summed E-state index contributed by atoms with van der Waals surface area (Å²) in [7, 11) is 0. The number of amides is 3. The number of alkyl halides is 2. The third-order valence-electron chi connectivity index (χ3n) is 7.99. The first-order valence-corrected chi connectivity index (χ1v) is 12.6. The Hall–Kier alpha value is -2.73. The molecule has 1 unspecified atom stereocenters. The lowest BCUT2D eigenvalue weighted by Crippen LogP contribution is -2.72. The van der Waals surface area contributed by atoms with Crippen LogP contribution in [0.5, 0.6) is 0 Å². The van der Waals surface area contributed by atoms with E-state index in [-0.39, 0.29) is 11.5 Å². The van der Waals surface area contributed by atoms with E-state index in [2.05, 4.69) is 16.3 Å². The number of nitrogens with zero attached hydrogens (tertiary/aromatic N) is 3. The van der Waals surface area contributed by atoms with E-state index in [1.165, 1.54) is 0 Å². The highest BCUT2D eigenvalue weighted by Gasteiger charge is 2.59. The lowest BCUT2D eigenvalue weighted by molar-refractivity contribution is -0.163. The summed E-state index contributed by atoms with van der Waals surface area (Å²) in [6, 6.07) is 9.90. The summed E-state index contributed by atoms with van der Waals surface area (Å²) in [5, 5.41) is 12.3. The molecule has 2 saturated heterocycles. The van der Waals surface area contributed by atoms with Gasteiger partial charge in [0.15, 0.2) is 0 Å². The zero-order chi connectivity index (χ0) is 25.3. The third-order valence-corrected chi connectivity index (χ3v) is 7.99. The van der Waals surface area contributed by atoms with E-state index in [4.69, 9.17) is 5.73 Å². The van der Waals surface area contributed by atoms with E-state index < -0.39 is 42.2 Å². The second-order valence-corrected chi connectivity index (χ2v) is 10.6. The largest absolute Gasteiger partial charge is 0.351 e. The number of carbonyl (C=O) groups is 2. The summed E-state index contributed by atoms with van der Waals surface area (Å²) in [6.07, 6.45) is 2.16. The number of urea groups is 1. The van der Waals surface area contributed by atoms with Crippen LogP contribution < -0.4 is 11.1 Å². The van der Waals surface area contributed by atoms with Gasteiger partial charge in [-0.3, -0.25) is 9.69 Å². The van der Waals surface area contributed by atoms with Gasteiger partial charge in [0.1, 0.15) is 5.54 Å². The smallest absolute Gasteiger partial charge is 0.314 e. The van der Waals surface area contributed by atoms with Crippen molar-refractivity contribution >= 4 is 11.9 Å². The Morgan fingerprint density at radius 2 is 1.89 bits per heavy atom. The maximum absolute atomic E-state index is 15.5. The van der Waals surface area contributed by atoms with E-state index in [9.17, 15) is 14.9 Å². The van der Waals surface area contributed by atoms with Gasteiger partial charge in [0.2, 0.25) is 5.91 Å². The van der Waals surface area contributed by atoms with Crippen LogP contribution in [0.3, 0.4) is 0 Å². The minimum Gasteiger partial charge on any atom is -0.351 e. The van der Waals surface area contributed by atoms with Crippen LogP contribution >= 0.6 is 0 Å². The topological polar surface area (TPSA) is 102 Å². The molecular weight excluding hydrogens is 452 g/mol. The zero-order valence-corrected chi connectivity index (χ0v) is 20.3. The number of nitriles is 1. The summed E-state index contributed by atoms with van der Waals surface area (Å²) in [4.78, 5) is 29.0. The Kier molecular flexibility index (Phi) is 7.05. The van der Waals surface area contributed by atoms with Gasteiger partial charge >= 0.3 is 6.03 Å². The first-order chi connectivity index (χ1) is 16.6. The molecular formula is C26H35F2N5O2. The predicted molar refractivity (Wildman–Crippen MR) is 127 cm³/mol. The van der Waals surface area contributed by atoms with Gasteiger partial charge in [-0.25, -0.2) is 13.6 Å². The molecule has 0 aromatic heterocycles. The van der Waals surface area contributed by atoms with Crippen LogP contribution in [0.2, 0.25) is 0 Å². The molecule has 1 aromatic rings. The number of benzene rings is 1. The summed E-state index contributed by atoms with van der Waals surface area (Å²) in [5.74, 6) is -4.51. The van der Waals surface area contributed by atoms with Gasteiger partial charge in [-0.2, -0.15) is 5.26 Å². The second-order valence-electron chi connectivity index (χ2n) is 10.6. The van der Waals surface area contributed by atoms with Gasteiger partial charge in [-0.05, 0) is 44.2 Å². The van der Waals surface area contributed by atoms with Crippen LogP contribution in [-0.4, -0.2) is 65.4 Å². The van der Waals surface area contributed by atoms with Crippen LogP contribution in [0.25, 0.3) is 0 Å². The highest BCUT2D eigenvalue weighted by atomic mass is 19.3. The summed E-state index contributed by atoms with van der Waals surface area (Å²) < 4.78 is 30.9.